The Morgan fingerprint density at radius 2 is 1.89 bits per heavy atom. The third kappa shape index (κ3) is 6.09. The molecule has 2 N–H and O–H groups in total. The van der Waals surface area contributed by atoms with Gasteiger partial charge in [-0.3, -0.25) is 4.79 Å². The molecule has 0 bridgehead atoms. The number of alkyl halides is 3. The number of halogens is 3. The minimum absolute atomic E-state index is 0.0959. The molecule has 0 spiro atoms. The van der Waals surface area contributed by atoms with E-state index in [1.54, 1.807) is 12.1 Å². The minimum Gasteiger partial charge on any atom is -0.508 e. The number of aromatic hydroxyl groups is 1. The molecule has 0 radical (unpaired) electrons. The number of amides is 1. The number of hydrogen-bond donors (Lipinski definition) is 2. The summed E-state index contributed by atoms with van der Waals surface area (Å²) in [7, 11) is 0. The second-order valence-corrected chi connectivity index (χ2v) is 3.55. The van der Waals surface area contributed by atoms with Crippen LogP contribution in [0.3, 0.4) is 0 Å². The molecule has 0 atom stereocenters. The number of hydrogen-bond acceptors (Lipinski definition) is 3. The highest BCUT2D eigenvalue weighted by Crippen LogP contribution is 2.14. The first-order chi connectivity index (χ1) is 8.37. The van der Waals surface area contributed by atoms with Crippen LogP contribution < -0.4 is 5.32 Å². The Hall–Kier alpha value is -1.76. The lowest BCUT2D eigenvalue weighted by molar-refractivity contribution is -0.175. The molecule has 7 heteroatoms. The van der Waals surface area contributed by atoms with Crippen LogP contribution in [0.2, 0.25) is 0 Å². The van der Waals surface area contributed by atoms with E-state index in [-0.39, 0.29) is 12.3 Å². The van der Waals surface area contributed by atoms with Gasteiger partial charge in [-0.2, -0.15) is 13.2 Å². The predicted molar refractivity (Wildman–Crippen MR) is 56.8 cm³/mol. The van der Waals surface area contributed by atoms with Gasteiger partial charge in [0.2, 0.25) is 5.91 Å². The van der Waals surface area contributed by atoms with E-state index in [1.807, 2.05) is 0 Å². The van der Waals surface area contributed by atoms with Crippen molar-refractivity contribution in [3.63, 3.8) is 0 Å². The zero-order valence-corrected chi connectivity index (χ0v) is 9.33. The molecule has 0 heterocycles. The molecule has 0 saturated heterocycles. The molecule has 1 rings (SSSR count). The maximum absolute atomic E-state index is 11.7. The highest BCUT2D eigenvalue weighted by atomic mass is 19.4. The predicted octanol–water partition coefficient (Wildman–Crippen LogP) is 1.59. The van der Waals surface area contributed by atoms with Crippen molar-refractivity contribution in [2.24, 2.45) is 0 Å². The first-order valence-electron chi connectivity index (χ1n) is 5.06. The Morgan fingerprint density at radius 3 is 2.44 bits per heavy atom. The van der Waals surface area contributed by atoms with Crippen LogP contribution in [0.1, 0.15) is 5.56 Å². The van der Waals surface area contributed by atoms with Gasteiger partial charge in [0.1, 0.15) is 19.0 Å². The molecule has 0 aliphatic carbocycles. The van der Waals surface area contributed by atoms with Crippen LogP contribution in [0.15, 0.2) is 24.3 Å². The Balaban J connectivity index is 2.23. The van der Waals surface area contributed by atoms with Crippen LogP contribution in [0.5, 0.6) is 5.75 Å². The van der Waals surface area contributed by atoms with E-state index in [4.69, 9.17) is 5.11 Å². The van der Waals surface area contributed by atoms with Crippen molar-refractivity contribution in [2.75, 3.05) is 13.2 Å². The lowest BCUT2D eigenvalue weighted by atomic mass is 10.2. The van der Waals surface area contributed by atoms with Crippen molar-refractivity contribution in [3.05, 3.63) is 29.8 Å². The number of rotatable bonds is 5. The number of carbonyl (C=O) groups excluding carboxylic acids is 1. The second-order valence-electron chi connectivity index (χ2n) is 3.55. The van der Waals surface area contributed by atoms with Gasteiger partial charge >= 0.3 is 6.18 Å². The van der Waals surface area contributed by atoms with Gasteiger partial charge in [-0.25, -0.2) is 0 Å². The molecule has 1 aromatic rings. The number of benzene rings is 1. The molecule has 0 aromatic heterocycles. The molecule has 18 heavy (non-hydrogen) atoms. The zero-order chi connectivity index (χ0) is 13.6. The van der Waals surface area contributed by atoms with Gasteiger partial charge in [0.25, 0.3) is 0 Å². The summed E-state index contributed by atoms with van der Waals surface area (Å²) in [4.78, 5) is 11.1. The molecule has 1 aromatic carbocycles. The summed E-state index contributed by atoms with van der Waals surface area (Å²) < 4.78 is 39.3. The quantitative estimate of drug-likeness (QED) is 0.848. The Labute approximate surface area is 101 Å². The molecule has 1 amide bonds. The van der Waals surface area contributed by atoms with Crippen LogP contribution >= 0.6 is 0 Å². The third-order valence-electron chi connectivity index (χ3n) is 1.92. The number of ether oxygens (including phenoxy) is 1. The molecule has 100 valence electrons. The Kier molecular flexibility index (Phi) is 4.96. The number of carbonyl (C=O) groups is 1. The monoisotopic (exact) mass is 263 g/mol. The number of phenols is 1. The van der Waals surface area contributed by atoms with Crippen molar-refractivity contribution < 1.29 is 27.8 Å². The SMILES string of the molecule is O=C(COCC(F)(F)F)NCc1ccc(O)cc1. The smallest absolute Gasteiger partial charge is 0.411 e. The summed E-state index contributed by atoms with van der Waals surface area (Å²) in [5.74, 6) is -0.536. The summed E-state index contributed by atoms with van der Waals surface area (Å²) in [6, 6.07) is 6.07. The summed E-state index contributed by atoms with van der Waals surface area (Å²) in [6.45, 7) is -1.92. The average molecular weight is 263 g/mol. The van der Waals surface area contributed by atoms with Crippen LogP contribution in [-0.4, -0.2) is 30.4 Å². The summed E-state index contributed by atoms with van der Waals surface area (Å²) in [6.07, 6.45) is -4.43. The van der Waals surface area contributed by atoms with Crippen LogP contribution in [0.4, 0.5) is 13.2 Å². The molecule has 0 aliphatic heterocycles. The molecular formula is C11H12F3NO3. The molecule has 4 nitrogen and oxygen atoms in total. The lowest BCUT2D eigenvalue weighted by Gasteiger charge is -2.08. The van der Waals surface area contributed by atoms with Crippen molar-refractivity contribution in [2.45, 2.75) is 12.7 Å². The van der Waals surface area contributed by atoms with Gasteiger partial charge in [0.05, 0.1) is 0 Å². The summed E-state index contributed by atoms with van der Waals surface area (Å²) >= 11 is 0. The number of phenolic OH excluding ortho intramolecular Hbond substituents is 1. The third-order valence-corrected chi connectivity index (χ3v) is 1.92. The van der Waals surface area contributed by atoms with E-state index in [0.29, 0.717) is 0 Å². The average Bonchev–Trinajstić information content (AvgIpc) is 2.26. The molecule has 0 aliphatic rings. The van der Waals surface area contributed by atoms with Crippen LogP contribution in [0.25, 0.3) is 0 Å². The fourth-order valence-electron chi connectivity index (χ4n) is 1.12. The van der Waals surface area contributed by atoms with Crippen molar-refractivity contribution >= 4 is 5.91 Å². The topological polar surface area (TPSA) is 58.6 Å². The lowest BCUT2D eigenvalue weighted by Crippen LogP contribution is -2.29. The van der Waals surface area contributed by atoms with Gasteiger partial charge in [0, 0.05) is 6.54 Å². The molecule has 0 fully saturated rings. The Bertz CT molecular complexity index is 390. The van der Waals surface area contributed by atoms with E-state index < -0.39 is 25.3 Å². The van der Waals surface area contributed by atoms with E-state index in [2.05, 4.69) is 10.1 Å². The first kappa shape index (κ1) is 14.3. The normalized spacial score (nSPS) is 11.3. The van der Waals surface area contributed by atoms with Gasteiger partial charge < -0.3 is 15.2 Å². The highest BCUT2D eigenvalue weighted by molar-refractivity contribution is 5.77. The van der Waals surface area contributed by atoms with Gasteiger partial charge in [0.15, 0.2) is 0 Å². The largest absolute Gasteiger partial charge is 0.508 e. The Morgan fingerprint density at radius 1 is 1.28 bits per heavy atom. The van der Waals surface area contributed by atoms with Gasteiger partial charge in [-0.05, 0) is 17.7 Å². The standard InChI is InChI=1S/C11H12F3NO3/c12-11(13,14)7-18-6-10(17)15-5-8-1-3-9(16)4-2-8/h1-4,16H,5-7H2,(H,15,17). The maximum atomic E-state index is 11.7. The van der Waals surface area contributed by atoms with E-state index >= 15 is 0 Å². The van der Waals surface area contributed by atoms with Crippen molar-refractivity contribution in [1.82, 2.24) is 5.32 Å². The van der Waals surface area contributed by atoms with Crippen LogP contribution in [0, 0.1) is 0 Å². The molecule has 0 saturated carbocycles. The zero-order valence-electron chi connectivity index (χ0n) is 9.33. The maximum Gasteiger partial charge on any atom is 0.411 e. The van der Waals surface area contributed by atoms with Gasteiger partial charge in [-0.1, -0.05) is 12.1 Å². The number of nitrogens with one attached hydrogen (secondary N) is 1. The van der Waals surface area contributed by atoms with Crippen molar-refractivity contribution in [1.29, 1.82) is 0 Å². The highest BCUT2D eigenvalue weighted by Gasteiger charge is 2.27. The molecule has 0 unspecified atom stereocenters. The van der Waals surface area contributed by atoms with E-state index in [0.717, 1.165) is 5.56 Å². The fraction of sp³-hybridized carbons (Fsp3) is 0.364. The van der Waals surface area contributed by atoms with Crippen molar-refractivity contribution in [3.8, 4) is 5.75 Å². The summed E-state index contributed by atoms with van der Waals surface area (Å²) in [5.41, 5.74) is 0.719. The fourth-order valence-corrected chi connectivity index (χ4v) is 1.12. The second kappa shape index (κ2) is 6.25. The van der Waals surface area contributed by atoms with E-state index in [9.17, 15) is 18.0 Å². The van der Waals surface area contributed by atoms with Gasteiger partial charge in [-0.15, -0.1) is 0 Å². The first-order valence-corrected chi connectivity index (χ1v) is 5.06. The minimum atomic E-state index is -4.43. The molecular weight excluding hydrogens is 251 g/mol. The summed E-state index contributed by atoms with van der Waals surface area (Å²) in [5, 5.41) is 11.4. The van der Waals surface area contributed by atoms with E-state index in [1.165, 1.54) is 12.1 Å². The van der Waals surface area contributed by atoms with Crippen LogP contribution in [-0.2, 0) is 16.1 Å².